The molecule has 0 radical (unpaired) electrons. The number of nitrogens with one attached hydrogen (secondary N) is 1. The van der Waals surface area contributed by atoms with Crippen molar-refractivity contribution in [3.05, 3.63) is 194 Å². The number of carbonyl (C=O) groups is 2. The van der Waals surface area contributed by atoms with Gasteiger partial charge in [0.15, 0.2) is 5.78 Å². The number of rotatable bonds is 18. The molecule has 6 aromatic carbocycles. The molecule has 1 aromatic heterocycles. The first kappa shape index (κ1) is 48.4. The van der Waals surface area contributed by atoms with Crippen LogP contribution in [-0.4, -0.2) is 52.3 Å². The quantitative estimate of drug-likeness (QED) is 0.0835. The molecule has 0 fully saturated rings. The van der Waals surface area contributed by atoms with Gasteiger partial charge in [0, 0.05) is 24.7 Å². The second kappa shape index (κ2) is 23.8. The maximum Gasteiger partial charge on any atom is 0.437 e. The number of ether oxygens (including phenoxy) is 4. The molecule has 342 valence electrons. The molecule has 0 aliphatic heterocycles. The molecule has 2 amide bonds. The third-order valence-electron chi connectivity index (χ3n) is 9.60. The number of ketones is 1. The van der Waals surface area contributed by atoms with E-state index < -0.39 is 5.76 Å². The SMILES string of the molecule is CC(C)Oc1ccc(-c2nn(Cc3cccc(OCc4ccccc4)c3)c(=O)o2)cc1Cl.CNC(=O)N(CC(=O)c1ccc(OC(C)C)c(Cl)c1)Cc1cccc(OCc2ccccc2)c1. The van der Waals surface area contributed by atoms with E-state index in [1.54, 1.807) is 36.4 Å². The Morgan fingerprint density at radius 1 is 0.667 bits per heavy atom. The van der Waals surface area contributed by atoms with Crippen molar-refractivity contribution in [3.8, 4) is 34.5 Å². The zero-order chi connectivity index (χ0) is 47.0. The van der Waals surface area contributed by atoms with E-state index in [1.807, 2.05) is 137 Å². The third-order valence-corrected chi connectivity index (χ3v) is 10.2. The normalized spacial score (nSPS) is 10.8. The lowest BCUT2D eigenvalue weighted by atomic mass is 10.1. The Morgan fingerprint density at radius 2 is 1.20 bits per heavy atom. The molecule has 14 heteroatoms. The number of hydrogen-bond donors (Lipinski definition) is 1. The van der Waals surface area contributed by atoms with Crippen LogP contribution in [0, 0.1) is 0 Å². The first-order chi connectivity index (χ1) is 31.8. The Balaban J connectivity index is 0.000000219. The average Bonchev–Trinajstić information content (AvgIpc) is 3.68. The van der Waals surface area contributed by atoms with Crippen LogP contribution < -0.4 is 30.0 Å². The largest absolute Gasteiger partial charge is 0.489 e. The Bertz CT molecular complexity index is 2740. The predicted octanol–water partition coefficient (Wildman–Crippen LogP) is 11.3. The summed E-state index contributed by atoms with van der Waals surface area (Å²) in [6, 6.07) is 44.6. The zero-order valence-corrected chi connectivity index (χ0v) is 38.9. The minimum absolute atomic E-state index is 0.00271. The Morgan fingerprint density at radius 3 is 1.74 bits per heavy atom. The van der Waals surface area contributed by atoms with E-state index in [9.17, 15) is 14.4 Å². The second-order valence-electron chi connectivity index (χ2n) is 15.6. The summed E-state index contributed by atoms with van der Waals surface area (Å²) in [6.45, 7) is 8.96. The van der Waals surface area contributed by atoms with Crippen LogP contribution in [0.4, 0.5) is 4.79 Å². The fourth-order valence-electron chi connectivity index (χ4n) is 6.49. The average molecular weight is 932 g/mol. The number of carbonyl (C=O) groups excluding carboxylic acids is 2. The van der Waals surface area contributed by atoms with Gasteiger partial charge in [-0.15, -0.1) is 5.10 Å². The first-order valence-electron chi connectivity index (χ1n) is 21.4. The minimum Gasteiger partial charge on any atom is -0.489 e. The van der Waals surface area contributed by atoms with Crippen molar-refractivity contribution >= 4 is 35.0 Å². The van der Waals surface area contributed by atoms with Gasteiger partial charge in [-0.3, -0.25) is 4.79 Å². The number of halogens is 2. The molecule has 0 saturated carbocycles. The van der Waals surface area contributed by atoms with Crippen molar-refractivity contribution in [2.24, 2.45) is 0 Å². The van der Waals surface area contributed by atoms with Gasteiger partial charge in [-0.1, -0.05) is 108 Å². The van der Waals surface area contributed by atoms with Crippen LogP contribution in [0.5, 0.6) is 23.0 Å². The monoisotopic (exact) mass is 930 g/mol. The molecule has 12 nitrogen and oxygen atoms in total. The van der Waals surface area contributed by atoms with E-state index >= 15 is 0 Å². The van der Waals surface area contributed by atoms with Gasteiger partial charge in [-0.2, -0.15) is 4.68 Å². The number of benzene rings is 6. The molecule has 0 bridgehead atoms. The molecule has 0 spiro atoms. The summed E-state index contributed by atoms with van der Waals surface area (Å²) < 4.78 is 29.7. The van der Waals surface area contributed by atoms with Crippen LogP contribution in [0.2, 0.25) is 10.0 Å². The van der Waals surface area contributed by atoms with Crippen LogP contribution >= 0.6 is 23.2 Å². The summed E-state index contributed by atoms with van der Waals surface area (Å²) in [4.78, 5) is 39.2. The Kier molecular flexibility index (Phi) is 17.4. The van der Waals surface area contributed by atoms with Gasteiger partial charge in [-0.25, -0.2) is 9.59 Å². The predicted molar refractivity (Wildman–Crippen MR) is 257 cm³/mol. The van der Waals surface area contributed by atoms with Gasteiger partial charge in [0.25, 0.3) is 0 Å². The molecule has 0 aliphatic carbocycles. The molecule has 1 N–H and O–H groups in total. The third kappa shape index (κ3) is 14.5. The maximum absolute atomic E-state index is 12.9. The fraction of sp³-hybridized carbons (Fsp3) is 0.231. The summed E-state index contributed by atoms with van der Waals surface area (Å²) in [5.74, 6) is 1.92. The molecule has 7 rings (SSSR count). The number of amides is 2. The van der Waals surface area contributed by atoms with Crippen LogP contribution in [0.1, 0.15) is 60.3 Å². The highest BCUT2D eigenvalue weighted by Crippen LogP contribution is 2.31. The molecule has 7 aromatic rings. The highest BCUT2D eigenvalue weighted by molar-refractivity contribution is 6.32. The standard InChI is InChI=1S/C27H29ClN2O4.C25H23ClN2O4/c1-19(2)34-26-13-12-22(15-24(26)28)25(31)17-30(27(32)29-3)16-21-10-7-11-23(14-21)33-18-20-8-5-4-6-9-20;1-17(2)31-23-12-11-20(14-22(23)26)24-27-28(25(29)32-24)15-19-9-6-10-21(13-19)30-16-18-7-4-3-5-8-18/h4-15,19H,16-18H2,1-3H3,(H,29,32);3-14,17H,15-16H2,1-2H3. The van der Waals surface area contributed by atoms with Crippen molar-refractivity contribution in [2.75, 3.05) is 13.6 Å². The lowest BCUT2D eigenvalue weighted by Crippen LogP contribution is -2.40. The van der Waals surface area contributed by atoms with Gasteiger partial charge in [0.1, 0.15) is 36.2 Å². The maximum atomic E-state index is 12.9. The zero-order valence-electron chi connectivity index (χ0n) is 37.4. The second-order valence-corrected chi connectivity index (χ2v) is 16.4. The molecule has 0 atom stereocenters. The fourth-order valence-corrected chi connectivity index (χ4v) is 6.94. The van der Waals surface area contributed by atoms with Gasteiger partial charge in [-0.05, 0) is 111 Å². The number of Topliss-reactive ketones (excluding diaryl/α,β-unsaturated/α-hetero) is 1. The van der Waals surface area contributed by atoms with Gasteiger partial charge >= 0.3 is 11.8 Å². The Hall–Kier alpha value is -7.02. The van der Waals surface area contributed by atoms with E-state index in [4.69, 9.17) is 46.6 Å². The van der Waals surface area contributed by atoms with E-state index in [2.05, 4.69) is 10.4 Å². The van der Waals surface area contributed by atoms with Crippen LogP contribution in [0.25, 0.3) is 11.5 Å². The van der Waals surface area contributed by atoms with Crippen molar-refractivity contribution in [2.45, 2.75) is 66.2 Å². The lowest BCUT2D eigenvalue weighted by molar-refractivity contribution is 0.0940. The molecule has 0 unspecified atom stereocenters. The van der Waals surface area contributed by atoms with E-state index in [0.717, 1.165) is 28.0 Å². The summed E-state index contributed by atoms with van der Waals surface area (Å²) in [5, 5.41) is 7.71. The highest BCUT2D eigenvalue weighted by Gasteiger charge is 2.20. The minimum atomic E-state index is -0.547. The van der Waals surface area contributed by atoms with Crippen molar-refractivity contribution in [1.29, 1.82) is 0 Å². The van der Waals surface area contributed by atoms with Crippen molar-refractivity contribution < 1.29 is 33.0 Å². The molecular weight excluding hydrogens is 879 g/mol. The number of aromatic nitrogens is 2. The smallest absolute Gasteiger partial charge is 0.437 e. The summed E-state index contributed by atoms with van der Waals surface area (Å²) in [6.07, 6.45) is -0.0295. The van der Waals surface area contributed by atoms with E-state index in [0.29, 0.717) is 51.6 Å². The topological polar surface area (TPSA) is 134 Å². The molecular formula is C52H52Cl2N4O8. The molecule has 1 heterocycles. The lowest BCUT2D eigenvalue weighted by Gasteiger charge is -2.22. The highest BCUT2D eigenvalue weighted by atomic mass is 35.5. The van der Waals surface area contributed by atoms with Crippen molar-refractivity contribution in [3.63, 3.8) is 0 Å². The summed E-state index contributed by atoms with van der Waals surface area (Å²) in [7, 11) is 1.54. The number of hydrogen-bond acceptors (Lipinski definition) is 9. The van der Waals surface area contributed by atoms with Crippen LogP contribution in [-0.2, 0) is 26.3 Å². The van der Waals surface area contributed by atoms with Crippen LogP contribution in [0.3, 0.4) is 0 Å². The van der Waals surface area contributed by atoms with Gasteiger partial charge in [0.2, 0.25) is 5.89 Å². The van der Waals surface area contributed by atoms with E-state index in [-0.39, 0.29) is 49.5 Å². The number of nitrogens with zero attached hydrogens (tertiary/aromatic N) is 3. The molecule has 66 heavy (non-hydrogen) atoms. The van der Waals surface area contributed by atoms with E-state index in [1.165, 1.54) is 16.6 Å². The Labute approximate surface area is 394 Å². The number of urea groups is 1. The summed E-state index contributed by atoms with van der Waals surface area (Å²) >= 11 is 12.6. The summed E-state index contributed by atoms with van der Waals surface area (Å²) in [5.41, 5.74) is 4.88. The molecule has 0 aliphatic rings. The van der Waals surface area contributed by atoms with Crippen LogP contribution in [0.15, 0.2) is 155 Å². The van der Waals surface area contributed by atoms with Gasteiger partial charge in [0.05, 0.1) is 35.3 Å². The van der Waals surface area contributed by atoms with Crippen molar-refractivity contribution in [1.82, 2.24) is 20.0 Å². The van der Waals surface area contributed by atoms with Gasteiger partial charge < -0.3 is 33.6 Å². The molecule has 0 saturated heterocycles. The first-order valence-corrected chi connectivity index (χ1v) is 22.1.